The lowest BCUT2D eigenvalue weighted by Crippen LogP contribution is -2.16. The van der Waals surface area contributed by atoms with Gasteiger partial charge in [-0.15, -0.1) is 0 Å². The third kappa shape index (κ3) is 4.27. The number of nitrogens with one attached hydrogen (secondary N) is 1. The Morgan fingerprint density at radius 2 is 2.50 bits per heavy atom. The first kappa shape index (κ1) is 8.10. The topological polar surface area (TPSA) is 29.1 Å². The van der Waals surface area contributed by atoms with Crippen LogP contribution < -0.4 is 4.72 Å². The van der Waals surface area contributed by atoms with Crippen LogP contribution in [0.2, 0.25) is 6.32 Å². The van der Waals surface area contributed by atoms with Gasteiger partial charge in [-0.1, -0.05) is 0 Å². The van der Waals surface area contributed by atoms with Gasteiger partial charge >= 0.3 is 0 Å². The normalized spacial score (nSPS) is 13.2. The molecule has 0 rings (SSSR count). The molecule has 0 saturated carbocycles. The standard InChI is InChI=1S/C3H8BFNOS/c1-6-8(7)4-2-3-5/h6H,2-3H2,1H3. The molecule has 0 aliphatic heterocycles. The van der Waals surface area contributed by atoms with E-state index in [0.29, 0.717) is 0 Å². The molecule has 1 atom stereocenters. The first-order valence-electron chi connectivity index (χ1n) is 2.28. The molecule has 0 fully saturated rings. The molecule has 0 heterocycles. The van der Waals surface area contributed by atoms with E-state index in [0.717, 1.165) is 0 Å². The first-order valence-corrected chi connectivity index (χ1v) is 3.49. The van der Waals surface area contributed by atoms with Gasteiger partial charge < -0.3 is 0 Å². The van der Waals surface area contributed by atoms with Crippen LogP contribution in [0.3, 0.4) is 0 Å². The highest BCUT2D eigenvalue weighted by atomic mass is 32.2. The van der Waals surface area contributed by atoms with Crippen molar-refractivity contribution in [2.75, 3.05) is 13.7 Å². The number of hydrogen-bond acceptors (Lipinski definition) is 1. The molecule has 0 aliphatic carbocycles. The Bertz CT molecular complexity index is 81.7. The van der Waals surface area contributed by atoms with Gasteiger partial charge in [-0.25, -0.2) is 0 Å². The van der Waals surface area contributed by atoms with E-state index in [1.54, 1.807) is 7.05 Å². The van der Waals surface area contributed by atoms with E-state index in [2.05, 4.69) is 4.72 Å². The average Bonchev–Trinajstić information content (AvgIpc) is 1.83. The van der Waals surface area contributed by atoms with Crippen LogP contribution in [0.25, 0.3) is 0 Å². The van der Waals surface area contributed by atoms with E-state index in [4.69, 9.17) is 0 Å². The second-order valence-electron chi connectivity index (χ2n) is 1.15. The Hall–Kier alpha value is 0.105. The SMILES string of the molecule is CNS(=O)[B]CCF. The van der Waals surface area contributed by atoms with E-state index in [1.807, 2.05) is 0 Å². The fourth-order valence-electron chi connectivity index (χ4n) is 0.235. The summed E-state index contributed by atoms with van der Waals surface area (Å²) < 4.78 is 24.1. The summed E-state index contributed by atoms with van der Waals surface area (Å²) in [6, 6.07) is 0. The number of halogens is 1. The molecule has 0 bridgehead atoms. The van der Waals surface area contributed by atoms with Crippen molar-refractivity contribution < 1.29 is 8.60 Å². The van der Waals surface area contributed by atoms with E-state index < -0.39 is 17.5 Å². The third-order valence-corrected chi connectivity index (χ3v) is 1.52. The molecule has 0 aromatic heterocycles. The number of alkyl halides is 1. The zero-order chi connectivity index (χ0) is 6.41. The van der Waals surface area contributed by atoms with E-state index in [1.165, 1.54) is 6.56 Å². The van der Waals surface area contributed by atoms with Crippen LogP contribution in [0.1, 0.15) is 0 Å². The molecular weight excluding hydrogens is 128 g/mol. The van der Waals surface area contributed by atoms with Crippen LogP contribution in [0.4, 0.5) is 4.39 Å². The summed E-state index contributed by atoms with van der Waals surface area (Å²) >= 11 is 0. The van der Waals surface area contributed by atoms with Crippen molar-refractivity contribution in [3.8, 4) is 0 Å². The molecule has 0 aliphatic rings. The lowest BCUT2D eigenvalue weighted by atomic mass is 10.1. The second kappa shape index (κ2) is 5.25. The van der Waals surface area contributed by atoms with Gasteiger partial charge in [0.1, 0.15) is 0 Å². The molecular formula is C3H8BFNOS. The zero-order valence-corrected chi connectivity index (χ0v) is 5.50. The first-order chi connectivity index (χ1) is 3.81. The van der Waals surface area contributed by atoms with Crippen LogP contribution in [-0.2, 0) is 10.8 Å². The maximum Gasteiger partial charge on any atom is 0.261 e. The van der Waals surface area contributed by atoms with Crippen LogP contribution in [0, 0.1) is 0 Å². The molecule has 0 spiro atoms. The zero-order valence-electron chi connectivity index (χ0n) is 4.69. The number of hydrogen-bond donors (Lipinski definition) is 1. The highest BCUT2D eigenvalue weighted by molar-refractivity contribution is 8.08. The van der Waals surface area contributed by atoms with Crippen molar-refractivity contribution in [2.45, 2.75) is 6.32 Å². The van der Waals surface area contributed by atoms with Crippen LogP contribution in [-0.4, -0.2) is 24.5 Å². The van der Waals surface area contributed by atoms with E-state index >= 15 is 0 Å². The molecule has 2 nitrogen and oxygen atoms in total. The van der Waals surface area contributed by atoms with Crippen molar-refractivity contribution in [2.24, 2.45) is 0 Å². The predicted octanol–water partition coefficient (Wildman–Crippen LogP) is -0.124. The summed E-state index contributed by atoms with van der Waals surface area (Å²) in [4.78, 5) is 0. The maximum atomic E-state index is 11.3. The van der Waals surface area contributed by atoms with E-state index in [-0.39, 0.29) is 6.32 Å². The average molecular weight is 136 g/mol. The highest BCUT2D eigenvalue weighted by Crippen LogP contribution is 1.80. The molecule has 0 aromatic rings. The van der Waals surface area contributed by atoms with Crippen molar-refractivity contribution in [3.05, 3.63) is 0 Å². The fraction of sp³-hybridized carbons (Fsp3) is 1.00. The molecule has 1 unspecified atom stereocenters. The van der Waals surface area contributed by atoms with Gasteiger partial charge in [0.15, 0.2) is 0 Å². The van der Waals surface area contributed by atoms with Crippen molar-refractivity contribution in [1.82, 2.24) is 4.72 Å². The Morgan fingerprint density at radius 3 is 2.88 bits per heavy atom. The predicted molar refractivity (Wildman–Crippen MR) is 33.7 cm³/mol. The summed E-state index contributed by atoms with van der Waals surface area (Å²) in [6.07, 6.45) is 0.257. The summed E-state index contributed by atoms with van der Waals surface area (Å²) in [5, 5.41) is 0. The van der Waals surface area contributed by atoms with Gasteiger partial charge in [0.2, 0.25) is 0 Å². The minimum absolute atomic E-state index is 0.257. The van der Waals surface area contributed by atoms with Crippen LogP contribution in [0.5, 0.6) is 0 Å². The summed E-state index contributed by atoms with van der Waals surface area (Å²) in [7, 11) is 0.418. The van der Waals surface area contributed by atoms with Gasteiger partial charge in [-0.3, -0.25) is 13.3 Å². The van der Waals surface area contributed by atoms with Crippen LogP contribution in [0.15, 0.2) is 0 Å². The van der Waals surface area contributed by atoms with Gasteiger partial charge in [0.05, 0.1) is 6.67 Å². The summed E-state index contributed by atoms with van der Waals surface area (Å²) in [6.45, 7) is 0.952. The number of rotatable bonds is 4. The molecule has 0 amide bonds. The Balaban J connectivity index is 2.99. The minimum Gasteiger partial charge on any atom is -0.257 e. The lowest BCUT2D eigenvalue weighted by molar-refractivity contribution is 0.526. The Kier molecular flexibility index (Phi) is 5.31. The Labute approximate surface area is 51.6 Å². The molecule has 47 valence electrons. The highest BCUT2D eigenvalue weighted by Gasteiger charge is 1.95. The molecule has 1 radical (unpaired) electrons. The second-order valence-corrected chi connectivity index (χ2v) is 2.48. The lowest BCUT2D eigenvalue weighted by Gasteiger charge is -1.91. The van der Waals surface area contributed by atoms with Crippen LogP contribution >= 0.6 is 0 Å². The quantitative estimate of drug-likeness (QED) is 0.536. The summed E-state index contributed by atoms with van der Waals surface area (Å²) in [5.74, 6) is 0. The van der Waals surface area contributed by atoms with Crippen molar-refractivity contribution >= 4 is 17.4 Å². The molecule has 0 aromatic carbocycles. The van der Waals surface area contributed by atoms with E-state index in [9.17, 15) is 8.60 Å². The maximum absolute atomic E-state index is 11.3. The summed E-state index contributed by atoms with van der Waals surface area (Å²) in [5.41, 5.74) is 0. The Morgan fingerprint density at radius 1 is 1.88 bits per heavy atom. The van der Waals surface area contributed by atoms with Gasteiger partial charge in [-0.2, -0.15) is 0 Å². The third-order valence-electron chi connectivity index (χ3n) is 0.580. The molecule has 0 saturated heterocycles. The smallest absolute Gasteiger partial charge is 0.257 e. The molecule has 5 heteroatoms. The monoisotopic (exact) mass is 136 g/mol. The largest absolute Gasteiger partial charge is 0.261 e. The van der Waals surface area contributed by atoms with Gasteiger partial charge in [-0.05, 0) is 13.4 Å². The fourth-order valence-corrected chi connectivity index (χ4v) is 0.705. The van der Waals surface area contributed by atoms with Gasteiger partial charge in [0, 0.05) is 10.8 Å². The minimum atomic E-state index is -1.14. The molecule has 8 heavy (non-hydrogen) atoms. The molecule has 1 N–H and O–H groups in total. The van der Waals surface area contributed by atoms with Crippen molar-refractivity contribution in [1.29, 1.82) is 0 Å². The van der Waals surface area contributed by atoms with Crippen molar-refractivity contribution in [3.63, 3.8) is 0 Å². The van der Waals surface area contributed by atoms with Gasteiger partial charge in [0.25, 0.3) is 6.56 Å².